The molecular formula is C17H24N2O2. The van der Waals surface area contributed by atoms with Crippen LogP contribution in [0, 0.1) is 28.6 Å². The summed E-state index contributed by atoms with van der Waals surface area (Å²) in [5.41, 5.74) is 6.95. The Balaban J connectivity index is 2.50. The maximum Gasteiger partial charge on any atom is 0.204 e. The Hall–Kier alpha value is -1.76. The maximum atomic E-state index is 12.6. The van der Waals surface area contributed by atoms with E-state index in [4.69, 9.17) is 10.5 Å². The van der Waals surface area contributed by atoms with Gasteiger partial charge in [-0.1, -0.05) is 40.5 Å². The summed E-state index contributed by atoms with van der Waals surface area (Å²) < 4.78 is 5.65. The van der Waals surface area contributed by atoms with Gasteiger partial charge in [0, 0.05) is 24.3 Å². The van der Waals surface area contributed by atoms with Crippen LogP contribution in [0.1, 0.15) is 53.4 Å². The van der Waals surface area contributed by atoms with Gasteiger partial charge in [0.25, 0.3) is 0 Å². The highest BCUT2D eigenvalue weighted by Crippen LogP contribution is 2.46. The van der Waals surface area contributed by atoms with Gasteiger partial charge in [0.15, 0.2) is 5.78 Å². The molecule has 2 rings (SSSR count). The number of ether oxygens (including phenoxy) is 1. The molecule has 0 radical (unpaired) electrons. The molecule has 0 unspecified atom stereocenters. The number of nitrogens with zero attached hydrogens (tertiary/aromatic N) is 1. The number of nitriles is 1. The molecule has 21 heavy (non-hydrogen) atoms. The van der Waals surface area contributed by atoms with Gasteiger partial charge in [-0.25, -0.2) is 0 Å². The molecule has 2 atom stereocenters. The van der Waals surface area contributed by atoms with Gasteiger partial charge in [0.2, 0.25) is 5.88 Å². The fraction of sp³-hybridized carbons (Fsp3) is 0.647. The Labute approximate surface area is 126 Å². The lowest BCUT2D eigenvalue weighted by atomic mass is 9.68. The Kier molecular flexibility index (Phi) is 4.13. The van der Waals surface area contributed by atoms with Gasteiger partial charge >= 0.3 is 0 Å². The number of nitrogens with two attached hydrogens (primary N) is 1. The van der Waals surface area contributed by atoms with Crippen LogP contribution < -0.4 is 5.73 Å². The van der Waals surface area contributed by atoms with Crippen LogP contribution in [0.2, 0.25) is 0 Å². The number of rotatable bonds is 3. The molecule has 114 valence electrons. The molecule has 0 fully saturated rings. The zero-order chi connectivity index (χ0) is 15.8. The Morgan fingerprint density at radius 3 is 2.71 bits per heavy atom. The molecule has 2 aliphatic rings. The third-order valence-electron chi connectivity index (χ3n) is 4.43. The molecule has 0 aromatic carbocycles. The van der Waals surface area contributed by atoms with Crippen molar-refractivity contribution in [1.29, 1.82) is 5.26 Å². The van der Waals surface area contributed by atoms with Crippen LogP contribution in [0.3, 0.4) is 0 Å². The van der Waals surface area contributed by atoms with E-state index in [0.29, 0.717) is 29.7 Å². The van der Waals surface area contributed by atoms with Crippen molar-refractivity contribution < 1.29 is 9.53 Å². The first-order valence-electron chi connectivity index (χ1n) is 7.64. The lowest BCUT2D eigenvalue weighted by Crippen LogP contribution is -2.36. The molecule has 0 aromatic heterocycles. The number of ketones is 1. The summed E-state index contributed by atoms with van der Waals surface area (Å²) >= 11 is 0. The molecule has 2 N–H and O–H groups in total. The standard InChI is InChI=1S/C17H24N2O2/c1-5-6-10(2)14-11(9-18)16(19)21-13-8-17(3,4)7-12(20)15(13)14/h10,14H,5-8,19H2,1-4H3/t10-,14-/m0/s1. The van der Waals surface area contributed by atoms with Crippen LogP contribution in [-0.2, 0) is 9.53 Å². The predicted octanol–water partition coefficient (Wildman–Crippen LogP) is 3.41. The van der Waals surface area contributed by atoms with Crippen molar-refractivity contribution in [3.8, 4) is 6.07 Å². The number of carbonyl (C=O) groups excluding carboxylic acids is 1. The van der Waals surface area contributed by atoms with Crippen LogP contribution in [0.15, 0.2) is 22.8 Å². The molecule has 4 heteroatoms. The average Bonchev–Trinajstić information content (AvgIpc) is 2.35. The van der Waals surface area contributed by atoms with Gasteiger partial charge in [-0.2, -0.15) is 5.26 Å². The van der Waals surface area contributed by atoms with Crippen molar-refractivity contribution in [3.05, 3.63) is 22.8 Å². The molecule has 0 saturated heterocycles. The molecule has 0 bridgehead atoms. The topological polar surface area (TPSA) is 76.1 Å². The predicted molar refractivity (Wildman–Crippen MR) is 80.5 cm³/mol. The highest BCUT2D eigenvalue weighted by atomic mass is 16.5. The summed E-state index contributed by atoms with van der Waals surface area (Å²) in [7, 11) is 0. The van der Waals surface area contributed by atoms with E-state index in [1.54, 1.807) is 0 Å². The second kappa shape index (κ2) is 5.55. The zero-order valence-corrected chi connectivity index (χ0v) is 13.3. The van der Waals surface area contributed by atoms with Crippen molar-refractivity contribution >= 4 is 5.78 Å². The summed E-state index contributed by atoms with van der Waals surface area (Å²) in [5, 5.41) is 9.43. The Morgan fingerprint density at radius 1 is 1.48 bits per heavy atom. The van der Waals surface area contributed by atoms with E-state index < -0.39 is 0 Å². The molecule has 1 aliphatic carbocycles. The largest absolute Gasteiger partial charge is 0.444 e. The third-order valence-corrected chi connectivity index (χ3v) is 4.43. The first kappa shape index (κ1) is 15.6. The minimum absolute atomic E-state index is 0.106. The Morgan fingerprint density at radius 2 is 2.14 bits per heavy atom. The summed E-state index contributed by atoms with van der Waals surface area (Å²) in [5.74, 6) is 0.967. The lowest BCUT2D eigenvalue weighted by molar-refractivity contribution is -0.119. The SMILES string of the molecule is CCC[C@H](C)[C@H]1C(C#N)=C(N)OC2=C1C(=O)CC(C)(C)C2. The maximum absolute atomic E-state index is 12.6. The summed E-state index contributed by atoms with van der Waals surface area (Å²) in [6.45, 7) is 8.31. The molecule has 1 heterocycles. The third kappa shape index (κ3) is 2.83. The van der Waals surface area contributed by atoms with E-state index in [-0.39, 0.29) is 28.9 Å². The fourth-order valence-electron chi connectivity index (χ4n) is 3.52. The molecule has 0 saturated carbocycles. The number of hydrogen-bond donors (Lipinski definition) is 1. The average molecular weight is 288 g/mol. The van der Waals surface area contributed by atoms with Crippen molar-refractivity contribution in [2.75, 3.05) is 0 Å². The van der Waals surface area contributed by atoms with Crippen molar-refractivity contribution in [3.63, 3.8) is 0 Å². The number of allylic oxidation sites excluding steroid dienone is 3. The van der Waals surface area contributed by atoms with Crippen LogP contribution in [0.5, 0.6) is 0 Å². The summed E-state index contributed by atoms with van der Waals surface area (Å²) in [6, 6.07) is 2.16. The smallest absolute Gasteiger partial charge is 0.204 e. The quantitative estimate of drug-likeness (QED) is 0.863. The minimum atomic E-state index is -0.206. The summed E-state index contributed by atoms with van der Waals surface area (Å²) in [4.78, 5) is 12.6. The van der Waals surface area contributed by atoms with Crippen molar-refractivity contribution in [2.24, 2.45) is 23.0 Å². The highest BCUT2D eigenvalue weighted by molar-refractivity contribution is 5.98. The minimum Gasteiger partial charge on any atom is -0.444 e. The number of Topliss-reactive ketones (excluding diaryl/α,β-unsaturated/α-hetero) is 1. The fourth-order valence-corrected chi connectivity index (χ4v) is 3.52. The van der Waals surface area contributed by atoms with Crippen LogP contribution in [-0.4, -0.2) is 5.78 Å². The van der Waals surface area contributed by atoms with Crippen molar-refractivity contribution in [1.82, 2.24) is 0 Å². The van der Waals surface area contributed by atoms with Crippen molar-refractivity contribution in [2.45, 2.75) is 53.4 Å². The molecule has 1 aliphatic heterocycles. The van der Waals surface area contributed by atoms with Crippen LogP contribution >= 0.6 is 0 Å². The van der Waals surface area contributed by atoms with Crippen LogP contribution in [0.4, 0.5) is 0 Å². The monoisotopic (exact) mass is 288 g/mol. The second-order valence-corrected chi connectivity index (χ2v) is 7.01. The first-order valence-corrected chi connectivity index (χ1v) is 7.64. The molecule has 0 spiro atoms. The Bertz CT molecular complexity index is 564. The van der Waals surface area contributed by atoms with E-state index in [1.165, 1.54) is 0 Å². The molecule has 4 nitrogen and oxygen atoms in total. The summed E-state index contributed by atoms with van der Waals surface area (Å²) in [6.07, 6.45) is 3.17. The van der Waals surface area contributed by atoms with E-state index in [9.17, 15) is 10.1 Å². The van der Waals surface area contributed by atoms with Crippen LogP contribution in [0.25, 0.3) is 0 Å². The van der Waals surface area contributed by atoms with E-state index in [2.05, 4.69) is 33.8 Å². The first-order chi connectivity index (χ1) is 9.80. The lowest BCUT2D eigenvalue weighted by Gasteiger charge is -2.38. The van der Waals surface area contributed by atoms with E-state index in [1.807, 2.05) is 0 Å². The van der Waals surface area contributed by atoms with E-state index >= 15 is 0 Å². The van der Waals surface area contributed by atoms with Gasteiger partial charge < -0.3 is 10.5 Å². The molecular weight excluding hydrogens is 264 g/mol. The molecule has 0 aromatic rings. The van der Waals surface area contributed by atoms with Gasteiger partial charge in [-0.15, -0.1) is 0 Å². The number of hydrogen-bond acceptors (Lipinski definition) is 4. The van der Waals surface area contributed by atoms with Gasteiger partial charge in [-0.05, 0) is 11.3 Å². The number of carbonyl (C=O) groups is 1. The van der Waals surface area contributed by atoms with Gasteiger partial charge in [0.05, 0.1) is 5.57 Å². The normalized spacial score (nSPS) is 26.0. The molecule has 0 amide bonds. The zero-order valence-electron chi connectivity index (χ0n) is 13.3. The van der Waals surface area contributed by atoms with E-state index in [0.717, 1.165) is 12.8 Å². The highest BCUT2D eigenvalue weighted by Gasteiger charge is 2.43. The van der Waals surface area contributed by atoms with Gasteiger partial charge in [0.1, 0.15) is 11.8 Å². The second-order valence-electron chi connectivity index (χ2n) is 7.01. The van der Waals surface area contributed by atoms with Gasteiger partial charge in [-0.3, -0.25) is 4.79 Å².